The fourth-order valence-corrected chi connectivity index (χ4v) is 6.73. The third kappa shape index (κ3) is 5.53. The van der Waals surface area contributed by atoms with Crippen molar-refractivity contribution in [3.05, 3.63) is 53.0 Å². The first kappa shape index (κ1) is 27.2. The first-order chi connectivity index (χ1) is 16.9. The number of hydrogen-bond acceptors (Lipinski definition) is 7. The number of thiocarbonyl (C=S) groups is 1. The minimum Gasteiger partial charge on any atom is -0.379 e. The molecular weight excluding hydrogens is 515 g/mol. The van der Waals surface area contributed by atoms with Crippen LogP contribution in [0.15, 0.2) is 47.4 Å². The first-order valence-electron chi connectivity index (χ1n) is 11.8. The van der Waals surface area contributed by atoms with Gasteiger partial charge in [-0.2, -0.15) is 17.5 Å². The summed E-state index contributed by atoms with van der Waals surface area (Å²) in [4.78, 5) is 4.77. The topological polar surface area (TPSA) is 73.3 Å². The molecule has 1 aliphatic carbocycles. The molecule has 0 radical (unpaired) electrons. The van der Waals surface area contributed by atoms with Gasteiger partial charge in [-0.25, -0.2) is 8.42 Å². The fraction of sp³-hybridized carbons (Fsp3) is 0.542. The number of aliphatic hydroxyl groups is 1. The van der Waals surface area contributed by atoms with Crippen LogP contribution in [0.5, 0.6) is 0 Å². The molecule has 2 heterocycles. The molecule has 2 fully saturated rings. The van der Waals surface area contributed by atoms with E-state index in [9.17, 15) is 26.7 Å². The van der Waals surface area contributed by atoms with Gasteiger partial charge in [0, 0.05) is 56.2 Å². The molecule has 4 rings (SSSR count). The smallest absolute Gasteiger partial charge is 0.379 e. The van der Waals surface area contributed by atoms with Crippen LogP contribution in [0.4, 0.5) is 18.9 Å². The van der Waals surface area contributed by atoms with Gasteiger partial charge in [0.15, 0.2) is 5.60 Å². The number of rotatable bonds is 6. The molecule has 3 aliphatic rings. The van der Waals surface area contributed by atoms with Crippen molar-refractivity contribution >= 4 is 32.8 Å². The van der Waals surface area contributed by atoms with Crippen LogP contribution in [0.3, 0.4) is 0 Å². The minimum atomic E-state index is -4.81. The van der Waals surface area contributed by atoms with Crippen molar-refractivity contribution < 1.29 is 31.4 Å². The Hall–Kier alpha value is -1.83. The van der Waals surface area contributed by atoms with E-state index in [0.29, 0.717) is 56.4 Å². The maximum Gasteiger partial charge on any atom is 0.421 e. The maximum atomic E-state index is 13.4. The number of hydrogen-bond donors (Lipinski definition) is 1. The standard InChI is InChI=1S/C24H30F3N3O4S2/c1-23(31,24(25,26)27)18-6-8-19(9-7-18)30-11-10-29(17-20(30)16-28-12-14-34-15-13-28)36(32,33)22-5-3-2-4-21(22)35/h2-3,5-9,20,31H,4,10-17H2,1H3. The van der Waals surface area contributed by atoms with Gasteiger partial charge in [-0.05, 0) is 30.7 Å². The average Bonchev–Trinajstić information content (AvgIpc) is 2.84. The van der Waals surface area contributed by atoms with Gasteiger partial charge < -0.3 is 14.7 Å². The third-order valence-corrected chi connectivity index (χ3v) is 9.38. The lowest BCUT2D eigenvalue weighted by molar-refractivity contribution is -0.258. The number of alkyl halides is 3. The molecule has 1 aromatic rings. The summed E-state index contributed by atoms with van der Waals surface area (Å²) in [5, 5.41) is 10.0. The molecule has 7 nitrogen and oxygen atoms in total. The lowest BCUT2D eigenvalue weighted by Crippen LogP contribution is -2.59. The summed E-state index contributed by atoms with van der Waals surface area (Å²) in [6, 6.07) is 5.41. The van der Waals surface area contributed by atoms with Gasteiger partial charge in [0.1, 0.15) is 0 Å². The number of benzene rings is 1. The molecule has 1 N–H and O–H groups in total. The minimum absolute atomic E-state index is 0.150. The van der Waals surface area contributed by atoms with Crippen molar-refractivity contribution in [3.63, 3.8) is 0 Å². The maximum absolute atomic E-state index is 13.4. The molecule has 0 aromatic heterocycles. The summed E-state index contributed by atoms with van der Waals surface area (Å²) in [5.74, 6) is 0. The first-order valence-corrected chi connectivity index (χ1v) is 13.6. The number of piperazine rings is 1. The molecule has 2 unspecified atom stereocenters. The van der Waals surface area contributed by atoms with E-state index >= 15 is 0 Å². The molecule has 2 atom stereocenters. The van der Waals surface area contributed by atoms with E-state index in [4.69, 9.17) is 17.0 Å². The van der Waals surface area contributed by atoms with Gasteiger partial charge in [0.05, 0.1) is 24.2 Å². The molecule has 0 spiro atoms. The van der Waals surface area contributed by atoms with Gasteiger partial charge in [-0.1, -0.05) is 36.5 Å². The Balaban J connectivity index is 1.59. The largest absolute Gasteiger partial charge is 0.421 e. The summed E-state index contributed by atoms with van der Waals surface area (Å²) in [7, 11) is -3.78. The van der Waals surface area contributed by atoms with Crippen molar-refractivity contribution in [1.29, 1.82) is 0 Å². The van der Waals surface area contributed by atoms with Gasteiger partial charge >= 0.3 is 6.18 Å². The van der Waals surface area contributed by atoms with Crippen LogP contribution in [0.1, 0.15) is 18.9 Å². The van der Waals surface area contributed by atoms with Crippen LogP contribution in [0, 0.1) is 0 Å². The monoisotopic (exact) mass is 545 g/mol. The Bertz CT molecular complexity index is 1130. The van der Waals surface area contributed by atoms with Crippen LogP contribution < -0.4 is 4.90 Å². The molecule has 2 saturated heterocycles. The van der Waals surface area contributed by atoms with E-state index in [1.54, 1.807) is 18.2 Å². The Kier molecular flexibility index (Phi) is 7.94. The van der Waals surface area contributed by atoms with Crippen molar-refractivity contribution in [2.24, 2.45) is 0 Å². The molecule has 0 amide bonds. The Morgan fingerprint density at radius 3 is 2.39 bits per heavy atom. The molecule has 12 heteroatoms. The Morgan fingerprint density at radius 2 is 1.78 bits per heavy atom. The summed E-state index contributed by atoms with van der Waals surface area (Å²) in [6.07, 6.45) is 0.653. The Labute approximate surface area is 214 Å². The van der Waals surface area contributed by atoms with Gasteiger partial charge in [0.25, 0.3) is 0 Å². The zero-order valence-corrected chi connectivity index (χ0v) is 21.6. The zero-order chi connectivity index (χ0) is 26.1. The van der Waals surface area contributed by atoms with E-state index < -0.39 is 21.8 Å². The number of anilines is 1. The van der Waals surface area contributed by atoms with Gasteiger partial charge in [-0.15, -0.1) is 0 Å². The quantitative estimate of drug-likeness (QED) is 0.552. The molecule has 36 heavy (non-hydrogen) atoms. The van der Waals surface area contributed by atoms with Crippen LogP contribution in [0.2, 0.25) is 0 Å². The highest BCUT2D eigenvalue weighted by molar-refractivity contribution is 7.96. The summed E-state index contributed by atoms with van der Waals surface area (Å²) in [6.45, 7) is 4.69. The zero-order valence-electron chi connectivity index (χ0n) is 19.9. The van der Waals surface area contributed by atoms with Crippen molar-refractivity contribution in [2.75, 3.05) is 57.4 Å². The second kappa shape index (κ2) is 10.5. The van der Waals surface area contributed by atoms with Gasteiger partial charge in [-0.3, -0.25) is 4.90 Å². The lowest BCUT2D eigenvalue weighted by atomic mass is 9.95. The summed E-state index contributed by atoms with van der Waals surface area (Å²) in [5.41, 5.74) is -2.55. The number of sulfonamides is 1. The summed E-state index contributed by atoms with van der Waals surface area (Å²) < 4.78 is 73.6. The van der Waals surface area contributed by atoms with E-state index in [2.05, 4.69) is 4.90 Å². The molecule has 2 aliphatic heterocycles. The van der Waals surface area contributed by atoms with Crippen molar-refractivity contribution in [2.45, 2.75) is 31.2 Å². The number of nitrogens with zero attached hydrogens (tertiary/aromatic N) is 3. The van der Waals surface area contributed by atoms with Crippen molar-refractivity contribution in [1.82, 2.24) is 9.21 Å². The molecule has 1 aromatic carbocycles. The number of allylic oxidation sites excluding steroid dienone is 4. The van der Waals surface area contributed by atoms with Crippen LogP contribution in [-0.2, 0) is 20.4 Å². The fourth-order valence-electron chi connectivity index (χ4n) is 4.66. The number of halogens is 3. The second-order valence-electron chi connectivity index (χ2n) is 9.33. The second-order valence-corrected chi connectivity index (χ2v) is 11.7. The highest BCUT2D eigenvalue weighted by Crippen LogP contribution is 2.39. The molecular formula is C24H30F3N3O4S2. The SMILES string of the molecule is CC(O)(c1ccc(N2CCN(S(=O)(=O)C3=CC=CCC3=S)CC2CN2CCOCC2)cc1)C(F)(F)F. The lowest BCUT2D eigenvalue weighted by Gasteiger charge is -2.44. The molecule has 0 bridgehead atoms. The van der Waals surface area contributed by atoms with Crippen LogP contribution in [-0.4, -0.2) is 92.3 Å². The van der Waals surface area contributed by atoms with Crippen LogP contribution in [0.25, 0.3) is 0 Å². The highest BCUT2D eigenvalue weighted by Gasteiger charge is 2.51. The number of morpholine rings is 1. The predicted octanol–water partition coefficient (Wildman–Crippen LogP) is 2.82. The summed E-state index contributed by atoms with van der Waals surface area (Å²) >= 11 is 5.31. The third-order valence-electron chi connectivity index (χ3n) is 6.91. The highest BCUT2D eigenvalue weighted by atomic mass is 32.2. The Morgan fingerprint density at radius 1 is 1.11 bits per heavy atom. The van der Waals surface area contributed by atoms with E-state index in [0.717, 1.165) is 6.92 Å². The normalized spacial score (nSPS) is 24.5. The average molecular weight is 546 g/mol. The molecule has 198 valence electrons. The van der Waals surface area contributed by atoms with E-state index in [1.165, 1.54) is 22.5 Å². The van der Waals surface area contributed by atoms with Gasteiger partial charge in [0.2, 0.25) is 10.0 Å². The van der Waals surface area contributed by atoms with Crippen LogP contribution >= 0.6 is 12.2 Å². The molecule has 0 saturated carbocycles. The van der Waals surface area contributed by atoms with E-state index in [1.807, 2.05) is 11.0 Å². The van der Waals surface area contributed by atoms with Crippen molar-refractivity contribution in [3.8, 4) is 0 Å². The van der Waals surface area contributed by atoms with E-state index in [-0.39, 0.29) is 29.6 Å². The predicted molar refractivity (Wildman–Crippen MR) is 135 cm³/mol. The number of ether oxygens (including phenoxy) is 1.